The molecule has 112 valence electrons. The average Bonchev–Trinajstić information content (AvgIpc) is 3.16. The summed E-state index contributed by atoms with van der Waals surface area (Å²) in [6.45, 7) is 10.1. The van der Waals surface area contributed by atoms with Gasteiger partial charge in [-0.25, -0.2) is 4.98 Å². The first-order chi connectivity index (χ1) is 9.49. The predicted octanol–water partition coefficient (Wildman–Crippen LogP) is 1.41. The van der Waals surface area contributed by atoms with Gasteiger partial charge in [0.05, 0.1) is 6.54 Å². The molecule has 0 bridgehead atoms. The highest BCUT2D eigenvalue weighted by molar-refractivity contribution is 5.05. The van der Waals surface area contributed by atoms with Crippen molar-refractivity contribution in [3.05, 3.63) is 12.2 Å². The van der Waals surface area contributed by atoms with Gasteiger partial charge < -0.3 is 5.32 Å². The van der Waals surface area contributed by atoms with E-state index in [0.717, 1.165) is 31.4 Å². The molecule has 1 saturated carbocycles. The summed E-state index contributed by atoms with van der Waals surface area (Å²) in [4.78, 5) is 7.02. The van der Waals surface area contributed by atoms with Crippen molar-refractivity contribution in [2.75, 3.05) is 13.1 Å². The van der Waals surface area contributed by atoms with Crippen LogP contribution in [0.5, 0.6) is 0 Å². The molecule has 3 rings (SSSR count). The Kier molecular flexibility index (Phi) is 3.58. The molecule has 1 aromatic rings. The van der Waals surface area contributed by atoms with Crippen LogP contribution in [0.15, 0.2) is 6.33 Å². The van der Waals surface area contributed by atoms with E-state index in [1.807, 2.05) is 11.7 Å². The van der Waals surface area contributed by atoms with Crippen molar-refractivity contribution < 1.29 is 0 Å². The molecule has 2 aliphatic rings. The lowest BCUT2D eigenvalue weighted by atomic mass is 9.88. The standard InChI is InChI=1S/C15H27N5/c1-11(2)13-7-17-15(3,12-5-6-12)9-20(13)8-14-16-10-18-19(14)4/h10-13,17H,5-9H2,1-4H3. The Balaban J connectivity index is 1.77. The Morgan fingerprint density at radius 3 is 2.75 bits per heavy atom. The maximum absolute atomic E-state index is 4.40. The van der Waals surface area contributed by atoms with Crippen molar-refractivity contribution >= 4 is 0 Å². The molecule has 20 heavy (non-hydrogen) atoms. The SMILES string of the molecule is CC(C)C1CNC(C)(C2CC2)CN1Cc1ncnn1C. The Hall–Kier alpha value is -0.940. The third-order valence-electron chi connectivity index (χ3n) is 5.11. The van der Waals surface area contributed by atoms with Gasteiger partial charge in [-0.3, -0.25) is 9.58 Å². The number of hydrogen-bond donors (Lipinski definition) is 1. The summed E-state index contributed by atoms with van der Waals surface area (Å²) >= 11 is 0. The monoisotopic (exact) mass is 277 g/mol. The maximum atomic E-state index is 4.40. The van der Waals surface area contributed by atoms with Gasteiger partial charge in [0, 0.05) is 31.7 Å². The van der Waals surface area contributed by atoms with Gasteiger partial charge >= 0.3 is 0 Å². The Labute approximate surface area is 121 Å². The molecule has 1 aromatic heterocycles. The van der Waals surface area contributed by atoms with Crippen molar-refractivity contribution in [3.8, 4) is 0 Å². The minimum atomic E-state index is 0.282. The van der Waals surface area contributed by atoms with Crippen molar-refractivity contribution in [2.24, 2.45) is 18.9 Å². The van der Waals surface area contributed by atoms with Gasteiger partial charge in [0.25, 0.3) is 0 Å². The van der Waals surface area contributed by atoms with Crippen LogP contribution in [-0.4, -0.2) is 44.3 Å². The zero-order valence-corrected chi connectivity index (χ0v) is 13.1. The van der Waals surface area contributed by atoms with E-state index in [1.165, 1.54) is 12.8 Å². The molecule has 0 aromatic carbocycles. The van der Waals surface area contributed by atoms with E-state index in [0.29, 0.717) is 12.0 Å². The zero-order chi connectivity index (χ0) is 14.3. The highest BCUT2D eigenvalue weighted by Crippen LogP contribution is 2.41. The summed E-state index contributed by atoms with van der Waals surface area (Å²) in [5.41, 5.74) is 0.282. The van der Waals surface area contributed by atoms with Crippen LogP contribution in [0.2, 0.25) is 0 Å². The predicted molar refractivity (Wildman–Crippen MR) is 79.2 cm³/mol. The second-order valence-electron chi connectivity index (χ2n) is 7.09. The van der Waals surface area contributed by atoms with Crippen LogP contribution in [0.4, 0.5) is 0 Å². The van der Waals surface area contributed by atoms with E-state index in [-0.39, 0.29) is 5.54 Å². The van der Waals surface area contributed by atoms with Crippen molar-refractivity contribution in [2.45, 2.75) is 51.7 Å². The van der Waals surface area contributed by atoms with Gasteiger partial charge in [-0.05, 0) is 31.6 Å². The summed E-state index contributed by atoms with van der Waals surface area (Å²) in [5, 5.41) is 8.03. The summed E-state index contributed by atoms with van der Waals surface area (Å²) < 4.78 is 1.90. The summed E-state index contributed by atoms with van der Waals surface area (Å²) in [6.07, 6.45) is 4.42. The van der Waals surface area contributed by atoms with Crippen LogP contribution >= 0.6 is 0 Å². The van der Waals surface area contributed by atoms with Gasteiger partial charge in [-0.15, -0.1) is 0 Å². The molecular weight excluding hydrogens is 250 g/mol. The van der Waals surface area contributed by atoms with Crippen LogP contribution in [0.3, 0.4) is 0 Å². The van der Waals surface area contributed by atoms with E-state index in [4.69, 9.17) is 0 Å². The molecule has 2 heterocycles. The molecule has 5 heteroatoms. The fourth-order valence-electron chi connectivity index (χ4n) is 3.53. The summed E-state index contributed by atoms with van der Waals surface area (Å²) in [6, 6.07) is 0.582. The molecule has 2 atom stereocenters. The molecule has 1 aliphatic heterocycles. The van der Waals surface area contributed by atoms with Crippen molar-refractivity contribution in [1.82, 2.24) is 25.0 Å². The van der Waals surface area contributed by atoms with E-state index < -0.39 is 0 Å². The van der Waals surface area contributed by atoms with Gasteiger partial charge in [-0.2, -0.15) is 5.10 Å². The fourth-order valence-corrected chi connectivity index (χ4v) is 3.53. The Morgan fingerprint density at radius 1 is 1.45 bits per heavy atom. The van der Waals surface area contributed by atoms with Gasteiger partial charge in [0.1, 0.15) is 12.2 Å². The van der Waals surface area contributed by atoms with E-state index >= 15 is 0 Å². The minimum Gasteiger partial charge on any atom is -0.308 e. The molecule has 1 saturated heterocycles. The Bertz CT molecular complexity index is 465. The van der Waals surface area contributed by atoms with Crippen molar-refractivity contribution in [1.29, 1.82) is 0 Å². The summed E-state index contributed by atoms with van der Waals surface area (Å²) in [7, 11) is 1.98. The zero-order valence-electron chi connectivity index (χ0n) is 13.1. The molecule has 1 N–H and O–H groups in total. The van der Waals surface area contributed by atoms with E-state index in [2.05, 4.69) is 41.1 Å². The normalized spacial score (nSPS) is 31.9. The minimum absolute atomic E-state index is 0.282. The van der Waals surface area contributed by atoms with Crippen LogP contribution in [0.25, 0.3) is 0 Å². The number of aryl methyl sites for hydroxylation is 1. The number of nitrogens with zero attached hydrogens (tertiary/aromatic N) is 4. The first-order valence-electron chi connectivity index (χ1n) is 7.81. The maximum Gasteiger partial charge on any atom is 0.140 e. The average molecular weight is 277 g/mol. The molecule has 0 spiro atoms. The van der Waals surface area contributed by atoms with Crippen LogP contribution in [-0.2, 0) is 13.6 Å². The number of hydrogen-bond acceptors (Lipinski definition) is 4. The van der Waals surface area contributed by atoms with Crippen LogP contribution in [0, 0.1) is 11.8 Å². The molecule has 2 unspecified atom stereocenters. The third-order valence-corrected chi connectivity index (χ3v) is 5.11. The third kappa shape index (κ3) is 2.61. The lowest BCUT2D eigenvalue weighted by molar-refractivity contribution is 0.0435. The van der Waals surface area contributed by atoms with E-state index in [1.54, 1.807) is 6.33 Å². The molecule has 1 aliphatic carbocycles. The second kappa shape index (κ2) is 5.11. The smallest absolute Gasteiger partial charge is 0.140 e. The van der Waals surface area contributed by atoms with Gasteiger partial charge in [0.2, 0.25) is 0 Å². The quantitative estimate of drug-likeness (QED) is 0.904. The number of rotatable bonds is 4. The Morgan fingerprint density at radius 2 is 2.20 bits per heavy atom. The lowest BCUT2D eigenvalue weighted by Crippen LogP contribution is -2.64. The van der Waals surface area contributed by atoms with Crippen LogP contribution in [0.1, 0.15) is 39.4 Å². The number of piperazine rings is 1. The number of aromatic nitrogens is 3. The second-order valence-corrected chi connectivity index (χ2v) is 7.09. The lowest BCUT2D eigenvalue weighted by Gasteiger charge is -2.48. The van der Waals surface area contributed by atoms with Gasteiger partial charge in [0.15, 0.2) is 0 Å². The van der Waals surface area contributed by atoms with Crippen LogP contribution < -0.4 is 5.32 Å². The largest absolute Gasteiger partial charge is 0.308 e. The first-order valence-corrected chi connectivity index (χ1v) is 7.81. The van der Waals surface area contributed by atoms with E-state index in [9.17, 15) is 0 Å². The van der Waals surface area contributed by atoms with Crippen molar-refractivity contribution in [3.63, 3.8) is 0 Å². The summed E-state index contributed by atoms with van der Waals surface area (Å²) in [5.74, 6) is 2.58. The topological polar surface area (TPSA) is 46.0 Å². The molecule has 2 fully saturated rings. The molecule has 0 amide bonds. The molecule has 0 radical (unpaired) electrons. The van der Waals surface area contributed by atoms with Gasteiger partial charge in [-0.1, -0.05) is 13.8 Å². The highest BCUT2D eigenvalue weighted by atomic mass is 15.3. The number of nitrogens with one attached hydrogen (secondary N) is 1. The first kappa shape index (κ1) is 14.0. The fraction of sp³-hybridized carbons (Fsp3) is 0.867. The molecular formula is C15H27N5. The highest BCUT2D eigenvalue weighted by Gasteiger charge is 2.46. The molecule has 5 nitrogen and oxygen atoms in total.